The van der Waals surface area contributed by atoms with Gasteiger partial charge in [0.15, 0.2) is 6.29 Å². The van der Waals surface area contributed by atoms with E-state index in [0.29, 0.717) is 30.9 Å². The van der Waals surface area contributed by atoms with Crippen LogP contribution in [0.15, 0.2) is 59.9 Å². The number of carboxylic acid groups (broad SMARTS) is 1. The number of benzene rings is 2. The Morgan fingerprint density at radius 2 is 1.83 bits per heavy atom. The molecule has 1 aliphatic carbocycles. The highest BCUT2D eigenvalue weighted by Gasteiger charge is 2.28. The number of aliphatic carboxylic acids is 1. The molecule has 4 rings (SSSR count). The van der Waals surface area contributed by atoms with Gasteiger partial charge in [0.1, 0.15) is 18.1 Å². The average molecular weight is 564 g/mol. The molecule has 1 heterocycles. The van der Waals surface area contributed by atoms with E-state index in [1.165, 1.54) is 36.0 Å². The molecule has 3 N–H and O–H groups in total. The van der Waals surface area contributed by atoms with E-state index in [-0.39, 0.29) is 12.5 Å². The van der Waals surface area contributed by atoms with Gasteiger partial charge in [0.05, 0.1) is 6.61 Å². The molecule has 0 saturated heterocycles. The van der Waals surface area contributed by atoms with Gasteiger partial charge in [-0.25, -0.2) is 0 Å². The Bertz CT molecular complexity index is 1230. The van der Waals surface area contributed by atoms with Crippen LogP contribution in [0.4, 0.5) is 0 Å². The number of hydrogen-bond donors (Lipinski definition) is 3. The van der Waals surface area contributed by atoms with E-state index >= 15 is 0 Å². The third-order valence-corrected chi connectivity index (χ3v) is 8.27. The van der Waals surface area contributed by atoms with Crippen LogP contribution in [0.5, 0.6) is 5.75 Å². The first-order chi connectivity index (χ1) is 19.9. The van der Waals surface area contributed by atoms with E-state index in [1.54, 1.807) is 12.1 Å². The Morgan fingerprint density at radius 3 is 2.56 bits per heavy atom. The lowest BCUT2D eigenvalue weighted by Gasteiger charge is -2.36. The molecule has 0 radical (unpaired) electrons. The second-order valence-corrected chi connectivity index (χ2v) is 11.0. The summed E-state index contributed by atoms with van der Waals surface area (Å²) in [5.74, 6) is 0.800. The van der Waals surface area contributed by atoms with Gasteiger partial charge in [-0.05, 0) is 99.7 Å². The van der Waals surface area contributed by atoms with Crippen molar-refractivity contribution in [1.29, 1.82) is 0 Å². The maximum absolute atomic E-state index is 11.1. The van der Waals surface area contributed by atoms with Crippen LogP contribution in [0.2, 0.25) is 0 Å². The van der Waals surface area contributed by atoms with E-state index in [0.717, 1.165) is 55.7 Å². The lowest BCUT2D eigenvalue weighted by Crippen LogP contribution is -2.34. The first-order valence-electron chi connectivity index (χ1n) is 15.0. The maximum atomic E-state index is 11.1. The molecular weight excluding hydrogens is 518 g/mol. The van der Waals surface area contributed by atoms with E-state index in [1.807, 2.05) is 26.0 Å². The van der Waals surface area contributed by atoms with Crippen molar-refractivity contribution >= 4 is 5.97 Å². The van der Waals surface area contributed by atoms with E-state index in [9.17, 15) is 15.0 Å². The Balaban J connectivity index is 1.44. The molecule has 0 spiro atoms. The average Bonchev–Trinajstić information content (AvgIpc) is 2.98. The molecule has 0 amide bonds. The summed E-state index contributed by atoms with van der Waals surface area (Å²) in [6.45, 7) is 6.67. The number of aliphatic hydroxyl groups excluding tert-OH is 1. The highest BCUT2D eigenvalue weighted by Crippen LogP contribution is 2.38. The van der Waals surface area contributed by atoms with Gasteiger partial charge in [-0.2, -0.15) is 0 Å². The predicted molar refractivity (Wildman–Crippen MR) is 160 cm³/mol. The molecule has 2 aliphatic rings. The van der Waals surface area contributed by atoms with Crippen molar-refractivity contribution in [2.24, 2.45) is 0 Å². The lowest BCUT2D eigenvalue weighted by atomic mass is 9.90. The zero-order valence-electron chi connectivity index (χ0n) is 24.5. The monoisotopic (exact) mass is 563 g/mol. The molecule has 2 aromatic carbocycles. The fraction of sp³-hybridized carbons (Fsp3) is 0.500. The van der Waals surface area contributed by atoms with Crippen molar-refractivity contribution in [3.63, 3.8) is 0 Å². The minimum Gasteiger partial charge on any atom is -0.493 e. The van der Waals surface area contributed by atoms with Crippen molar-refractivity contribution < 1.29 is 29.6 Å². The number of aryl methyl sites for hydroxylation is 2. The van der Waals surface area contributed by atoms with Crippen LogP contribution in [0.3, 0.4) is 0 Å². The van der Waals surface area contributed by atoms with Crippen LogP contribution in [-0.2, 0) is 29.0 Å². The molecule has 0 bridgehead atoms. The predicted octanol–water partition coefficient (Wildman–Crippen LogP) is 6.39. The quantitative estimate of drug-likeness (QED) is 0.106. The topological polar surface area (TPSA) is 99.5 Å². The van der Waals surface area contributed by atoms with E-state index in [2.05, 4.69) is 29.2 Å². The number of unbranched alkanes of at least 4 members (excludes halogenated alkanes) is 1. The molecule has 1 atom stereocenters. The number of carbonyl (C=O) groups is 1. The molecule has 0 saturated carbocycles. The van der Waals surface area contributed by atoms with E-state index < -0.39 is 12.3 Å². The lowest BCUT2D eigenvalue weighted by molar-refractivity contribution is -0.137. The summed E-state index contributed by atoms with van der Waals surface area (Å²) < 4.78 is 12.3. The number of hydrogen-bond acceptors (Lipinski definition) is 6. The Morgan fingerprint density at radius 1 is 1.02 bits per heavy atom. The van der Waals surface area contributed by atoms with Crippen molar-refractivity contribution in [1.82, 2.24) is 4.90 Å². The Labute approximate surface area is 244 Å². The molecule has 1 unspecified atom stereocenters. The number of fused-ring (bicyclic) bond motifs is 2. The third kappa shape index (κ3) is 8.44. The fourth-order valence-corrected chi connectivity index (χ4v) is 6.01. The van der Waals surface area contributed by atoms with Gasteiger partial charge in [-0.1, -0.05) is 36.4 Å². The van der Waals surface area contributed by atoms with Crippen LogP contribution >= 0.6 is 0 Å². The summed E-state index contributed by atoms with van der Waals surface area (Å²) in [6, 6.07) is 12.2. The summed E-state index contributed by atoms with van der Waals surface area (Å²) in [4.78, 5) is 13.5. The summed E-state index contributed by atoms with van der Waals surface area (Å²) in [5.41, 5.74) is 6.71. The Hall–Kier alpha value is -3.13. The molecule has 2 aromatic rings. The number of aliphatic hydroxyl groups is 2. The van der Waals surface area contributed by atoms with Gasteiger partial charge in [0.25, 0.3) is 0 Å². The molecule has 0 fully saturated rings. The van der Waals surface area contributed by atoms with Crippen LogP contribution in [0.25, 0.3) is 0 Å². The molecule has 41 heavy (non-hydrogen) atoms. The number of carboxylic acids is 1. The number of allylic oxidation sites excluding steroid dienone is 3. The van der Waals surface area contributed by atoms with Gasteiger partial charge >= 0.3 is 5.97 Å². The molecule has 222 valence electrons. The second kappa shape index (κ2) is 15.2. The molecule has 7 nitrogen and oxygen atoms in total. The molecular formula is C34H45NO6. The van der Waals surface area contributed by atoms with Crippen LogP contribution < -0.4 is 4.74 Å². The summed E-state index contributed by atoms with van der Waals surface area (Å²) in [7, 11) is 0. The van der Waals surface area contributed by atoms with Gasteiger partial charge in [-0.15, -0.1) is 0 Å². The largest absolute Gasteiger partial charge is 0.493 e. The highest BCUT2D eigenvalue weighted by molar-refractivity contribution is 5.66. The minimum atomic E-state index is -1.55. The molecule has 1 aliphatic heterocycles. The first kappa shape index (κ1) is 30.8. The summed E-state index contributed by atoms with van der Waals surface area (Å²) >= 11 is 0. The summed E-state index contributed by atoms with van der Waals surface area (Å²) in [6.07, 6.45) is 10.6. The zero-order chi connectivity index (χ0) is 29.2. The fourth-order valence-electron chi connectivity index (χ4n) is 6.01. The zero-order valence-corrected chi connectivity index (χ0v) is 24.5. The Kier molecular flexibility index (Phi) is 11.4. The molecule has 7 heteroatoms. The summed E-state index contributed by atoms with van der Waals surface area (Å²) in [5, 5.41) is 28.4. The second-order valence-electron chi connectivity index (χ2n) is 11.0. The van der Waals surface area contributed by atoms with Crippen LogP contribution in [0, 0.1) is 0 Å². The van der Waals surface area contributed by atoms with E-state index in [4.69, 9.17) is 14.6 Å². The number of ether oxygens (including phenoxy) is 2. The van der Waals surface area contributed by atoms with Crippen LogP contribution in [-0.4, -0.2) is 45.9 Å². The van der Waals surface area contributed by atoms with Gasteiger partial charge < -0.3 is 24.8 Å². The smallest absolute Gasteiger partial charge is 0.303 e. The van der Waals surface area contributed by atoms with Crippen molar-refractivity contribution in [2.75, 3.05) is 19.7 Å². The highest BCUT2D eigenvalue weighted by atomic mass is 16.5. The third-order valence-electron chi connectivity index (χ3n) is 8.27. The van der Waals surface area contributed by atoms with Crippen molar-refractivity contribution in [2.45, 2.75) is 90.6 Å². The van der Waals surface area contributed by atoms with Crippen molar-refractivity contribution in [3.05, 3.63) is 87.7 Å². The first-order valence-corrected chi connectivity index (χ1v) is 15.0. The van der Waals surface area contributed by atoms with Gasteiger partial charge in [0.2, 0.25) is 0 Å². The SMILES string of the molecule is C/C=C(CCN(CCCCC(=O)O)C1CCOc2cc(C(O)O)ccc21)\C(=C/C)OCc1ccc2c(c1)CCCC2. The van der Waals surface area contributed by atoms with Gasteiger partial charge in [0, 0.05) is 36.6 Å². The van der Waals surface area contributed by atoms with Crippen molar-refractivity contribution in [3.8, 4) is 5.75 Å². The maximum Gasteiger partial charge on any atom is 0.303 e. The van der Waals surface area contributed by atoms with Gasteiger partial charge in [-0.3, -0.25) is 9.69 Å². The number of nitrogens with zero attached hydrogens (tertiary/aromatic N) is 1. The van der Waals surface area contributed by atoms with Crippen LogP contribution in [0.1, 0.15) is 98.9 Å². The number of rotatable bonds is 14. The normalized spacial score (nSPS) is 17.3. The minimum absolute atomic E-state index is 0.0945. The standard InChI is InChI=1S/C34H45NO6/c1-3-25(31(4-2)41-23-24-12-13-26-9-5-6-10-27(26)21-24)16-19-35(18-8-7-11-33(36)37)30-17-20-40-32-22-28(34(38)39)14-15-29(30)32/h3-4,12-15,21-22,30,34,38-39H,5-11,16-20,23H2,1-2H3,(H,36,37)/b25-3-,31-4+. The molecule has 0 aromatic heterocycles.